The van der Waals surface area contributed by atoms with E-state index in [1.54, 1.807) is 36.5 Å². The number of carbonyl (C=O) groups excluding carboxylic acids is 1. The van der Waals surface area contributed by atoms with E-state index in [2.05, 4.69) is 40.4 Å². The molecule has 0 saturated heterocycles. The Morgan fingerprint density at radius 3 is 2.57 bits per heavy atom. The first kappa shape index (κ1) is 25.1. The van der Waals surface area contributed by atoms with Gasteiger partial charge in [-0.15, -0.1) is 0 Å². The summed E-state index contributed by atoms with van der Waals surface area (Å²) in [7, 11) is 0. The molecule has 0 fully saturated rings. The molecule has 5 heterocycles. The van der Waals surface area contributed by atoms with Crippen LogP contribution in [0.1, 0.15) is 5.56 Å². The summed E-state index contributed by atoms with van der Waals surface area (Å²) in [6.07, 6.45) is 6.11. The minimum atomic E-state index is -0.591. The standard InChI is InChI=1S/C31H20F2N8O/c32-22-9-5-4-8-20(22)27-28-23(10-11-35-27)38-31(39-28)29-25-26(33)21(16-36-30(25)41-40-29)18-13-19(15-34-14-18)37-24(42)12-17-6-2-1-3-7-17/h1-11,13-16H,12H2,(H,37,42)(H,38,39)(H,36,40,41). The van der Waals surface area contributed by atoms with E-state index in [1.807, 2.05) is 30.3 Å². The molecule has 0 radical (unpaired) electrons. The van der Waals surface area contributed by atoms with Crippen LogP contribution in [0.15, 0.2) is 91.5 Å². The third-order valence-electron chi connectivity index (χ3n) is 6.82. The normalized spacial score (nSPS) is 11.3. The van der Waals surface area contributed by atoms with Gasteiger partial charge in [0.05, 0.1) is 29.2 Å². The van der Waals surface area contributed by atoms with Gasteiger partial charge in [-0.1, -0.05) is 42.5 Å². The van der Waals surface area contributed by atoms with E-state index in [0.717, 1.165) is 5.56 Å². The Morgan fingerprint density at radius 2 is 1.71 bits per heavy atom. The first-order chi connectivity index (χ1) is 20.5. The molecule has 11 heteroatoms. The number of carbonyl (C=O) groups is 1. The molecule has 0 aliphatic rings. The number of anilines is 1. The third-order valence-corrected chi connectivity index (χ3v) is 6.82. The summed E-state index contributed by atoms with van der Waals surface area (Å²) in [6, 6.07) is 19.0. The summed E-state index contributed by atoms with van der Waals surface area (Å²) in [5.74, 6) is -0.981. The van der Waals surface area contributed by atoms with Crippen LogP contribution in [0.3, 0.4) is 0 Å². The first-order valence-electron chi connectivity index (χ1n) is 13.0. The van der Waals surface area contributed by atoms with Gasteiger partial charge in [0, 0.05) is 35.3 Å². The van der Waals surface area contributed by atoms with Crippen molar-refractivity contribution >= 4 is 33.7 Å². The quantitative estimate of drug-likeness (QED) is 0.227. The first-order valence-corrected chi connectivity index (χ1v) is 13.0. The van der Waals surface area contributed by atoms with Crippen LogP contribution in [0.4, 0.5) is 14.5 Å². The molecule has 2 aromatic carbocycles. The molecular weight excluding hydrogens is 538 g/mol. The summed E-state index contributed by atoms with van der Waals surface area (Å²) in [5.41, 5.74) is 3.95. The molecule has 0 saturated carbocycles. The lowest BCUT2D eigenvalue weighted by Crippen LogP contribution is -2.14. The van der Waals surface area contributed by atoms with E-state index in [-0.39, 0.29) is 40.4 Å². The second kappa shape index (κ2) is 10.3. The highest BCUT2D eigenvalue weighted by atomic mass is 19.1. The summed E-state index contributed by atoms with van der Waals surface area (Å²) < 4.78 is 30.7. The van der Waals surface area contributed by atoms with Crippen molar-refractivity contribution in [1.82, 2.24) is 35.1 Å². The smallest absolute Gasteiger partial charge is 0.228 e. The van der Waals surface area contributed by atoms with Crippen molar-refractivity contribution in [2.24, 2.45) is 0 Å². The van der Waals surface area contributed by atoms with Gasteiger partial charge < -0.3 is 10.3 Å². The van der Waals surface area contributed by atoms with Crippen molar-refractivity contribution in [3.05, 3.63) is 109 Å². The molecule has 0 spiro atoms. The number of amides is 1. The second-order valence-corrected chi connectivity index (χ2v) is 9.58. The summed E-state index contributed by atoms with van der Waals surface area (Å²) in [5, 5.41) is 9.97. The highest BCUT2D eigenvalue weighted by Crippen LogP contribution is 2.34. The lowest BCUT2D eigenvalue weighted by atomic mass is 10.1. The Hall–Kier alpha value is -5.84. The zero-order valence-electron chi connectivity index (χ0n) is 21.8. The second-order valence-electron chi connectivity index (χ2n) is 9.58. The number of H-pyrrole nitrogens is 2. The lowest BCUT2D eigenvalue weighted by Gasteiger charge is -2.08. The van der Waals surface area contributed by atoms with Gasteiger partial charge in [0.15, 0.2) is 11.5 Å². The number of nitrogens with zero attached hydrogens (tertiary/aromatic N) is 5. The molecule has 0 bridgehead atoms. The van der Waals surface area contributed by atoms with Crippen molar-refractivity contribution < 1.29 is 13.6 Å². The van der Waals surface area contributed by atoms with Gasteiger partial charge in [-0.3, -0.25) is 19.9 Å². The van der Waals surface area contributed by atoms with E-state index in [4.69, 9.17) is 0 Å². The number of fused-ring (bicyclic) bond motifs is 2. The van der Waals surface area contributed by atoms with E-state index in [0.29, 0.717) is 33.5 Å². The van der Waals surface area contributed by atoms with Crippen molar-refractivity contribution in [3.63, 3.8) is 0 Å². The number of pyridine rings is 3. The van der Waals surface area contributed by atoms with Crippen LogP contribution in [0.2, 0.25) is 0 Å². The van der Waals surface area contributed by atoms with Crippen LogP contribution in [-0.2, 0) is 11.2 Å². The zero-order valence-corrected chi connectivity index (χ0v) is 21.8. The number of aromatic nitrogens is 7. The van der Waals surface area contributed by atoms with Crippen LogP contribution >= 0.6 is 0 Å². The Kier molecular flexibility index (Phi) is 6.16. The van der Waals surface area contributed by atoms with Crippen LogP contribution in [0, 0.1) is 11.6 Å². The summed E-state index contributed by atoms with van der Waals surface area (Å²) in [4.78, 5) is 33.2. The number of aromatic amines is 2. The van der Waals surface area contributed by atoms with Crippen molar-refractivity contribution in [1.29, 1.82) is 0 Å². The number of rotatable bonds is 6. The fourth-order valence-electron chi connectivity index (χ4n) is 4.87. The minimum absolute atomic E-state index is 0.116. The highest BCUT2D eigenvalue weighted by Gasteiger charge is 2.22. The molecule has 3 N–H and O–H groups in total. The van der Waals surface area contributed by atoms with Crippen molar-refractivity contribution in [2.75, 3.05) is 5.32 Å². The van der Waals surface area contributed by atoms with Crippen LogP contribution in [0.25, 0.3) is 56.0 Å². The molecule has 0 aliphatic heterocycles. The Balaban J connectivity index is 1.25. The highest BCUT2D eigenvalue weighted by molar-refractivity contribution is 5.97. The van der Waals surface area contributed by atoms with Gasteiger partial charge in [-0.05, 0) is 29.8 Å². The molecule has 7 aromatic rings. The average molecular weight is 559 g/mol. The average Bonchev–Trinajstić information content (AvgIpc) is 3.63. The predicted molar refractivity (Wildman–Crippen MR) is 154 cm³/mol. The number of hydrogen-bond acceptors (Lipinski definition) is 6. The summed E-state index contributed by atoms with van der Waals surface area (Å²) >= 11 is 0. The maximum atomic E-state index is 16.2. The third kappa shape index (κ3) is 4.52. The van der Waals surface area contributed by atoms with Crippen LogP contribution in [0.5, 0.6) is 0 Å². The Bertz CT molecular complexity index is 2110. The van der Waals surface area contributed by atoms with E-state index in [9.17, 15) is 9.18 Å². The fourth-order valence-corrected chi connectivity index (χ4v) is 4.87. The number of benzene rings is 2. The van der Waals surface area contributed by atoms with Gasteiger partial charge in [0.1, 0.15) is 28.5 Å². The van der Waals surface area contributed by atoms with Gasteiger partial charge in [-0.25, -0.2) is 18.7 Å². The fraction of sp³-hybridized carbons (Fsp3) is 0.0323. The molecule has 1 amide bonds. The minimum Gasteiger partial charge on any atom is -0.336 e. The Labute approximate surface area is 236 Å². The maximum Gasteiger partial charge on any atom is 0.228 e. The molecule has 204 valence electrons. The van der Waals surface area contributed by atoms with Gasteiger partial charge in [-0.2, -0.15) is 5.10 Å². The molecule has 0 aliphatic carbocycles. The molecule has 7 rings (SSSR count). The molecule has 9 nitrogen and oxygen atoms in total. The topological polar surface area (TPSA) is 125 Å². The van der Waals surface area contributed by atoms with E-state index in [1.165, 1.54) is 24.7 Å². The molecule has 42 heavy (non-hydrogen) atoms. The zero-order chi connectivity index (χ0) is 28.6. The largest absolute Gasteiger partial charge is 0.336 e. The van der Waals surface area contributed by atoms with Crippen molar-refractivity contribution in [2.45, 2.75) is 6.42 Å². The lowest BCUT2D eigenvalue weighted by molar-refractivity contribution is -0.115. The van der Waals surface area contributed by atoms with E-state index >= 15 is 4.39 Å². The van der Waals surface area contributed by atoms with Gasteiger partial charge in [0.2, 0.25) is 5.91 Å². The number of halogens is 2. The number of nitrogens with one attached hydrogen (secondary N) is 3. The molecule has 0 unspecified atom stereocenters. The predicted octanol–water partition coefficient (Wildman–Crippen LogP) is 6.08. The monoisotopic (exact) mass is 558 g/mol. The number of imidazole rings is 1. The van der Waals surface area contributed by atoms with Gasteiger partial charge in [0.25, 0.3) is 0 Å². The van der Waals surface area contributed by atoms with E-state index < -0.39 is 11.6 Å². The molecule has 0 atom stereocenters. The van der Waals surface area contributed by atoms with Crippen molar-refractivity contribution in [3.8, 4) is 33.9 Å². The Morgan fingerprint density at radius 1 is 0.881 bits per heavy atom. The molecular formula is C31H20F2N8O. The maximum absolute atomic E-state index is 16.2. The number of hydrogen-bond donors (Lipinski definition) is 3. The SMILES string of the molecule is O=C(Cc1ccccc1)Nc1cncc(-c2cnc3[nH]nc(-c4nc5c(-c6ccccc6F)nccc5[nH]4)c3c2F)c1. The molecule has 5 aromatic heterocycles. The van der Waals surface area contributed by atoms with Crippen LogP contribution < -0.4 is 5.32 Å². The summed E-state index contributed by atoms with van der Waals surface area (Å²) in [6.45, 7) is 0. The van der Waals surface area contributed by atoms with Crippen LogP contribution in [-0.4, -0.2) is 41.0 Å². The van der Waals surface area contributed by atoms with Gasteiger partial charge >= 0.3 is 0 Å².